The summed E-state index contributed by atoms with van der Waals surface area (Å²) in [4.78, 5) is 13.0. The van der Waals surface area contributed by atoms with Gasteiger partial charge in [0.2, 0.25) is 15.9 Å². The summed E-state index contributed by atoms with van der Waals surface area (Å²) < 4.78 is 39.1. The van der Waals surface area contributed by atoms with Gasteiger partial charge in [0.1, 0.15) is 11.5 Å². The molecule has 0 unspecified atom stereocenters. The number of piperidine rings is 1. The molecule has 0 spiro atoms. The molecule has 4 rings (SSSR count). The van der Waals surface area contributed by atoms with E-state index in [0.29, 0.717) is 36.0 Å². The van der Waals surface area contributed by atoms with Gasteiger partial charge in [-0.15, -0.1) is 0 Å². The number of carbonyl (C=O) groups is 1. The number of hydrogen-bond acceptors (Lipinski definition) is 5. The summed E-state index contributed by atoms with van der Waals surface area (Å²) in [6, 6.07) is 21.0. The maximum atomic E-state index is 13.2. The third-order valence-corrected chi connectivity index (χ3v) is 7.54. The lowest BCUT2D eigenvalue weighted by atomic mass is 10.1. The zero-order valence-electron chi connectivity index (χ0n) is 19.1. The van der Waals surface area contributed by atoms with Gasteiger partial charge in [-0.3, -0.25) is 4.79 Å². The Balaban J connectivity index is 1.62. The van der Waals surface area contributed by atoms with Crippen molar-refractivity contribution in [1.29, 1.82) is 0 Å². The predicted molar refractivity (Wildman–Crippen MR) is 131 cm³/mol. The van der Waals surface area contributed by atoms with Crippen LogP contribution in [0.2, 0.25) is 0 Å². The normalized spacial score (nSPS) is 14.4. The molecule has 0 bridgehead atoms. The van der Waals surface area contributed by atoms with Gasteiger partial charge in [0.25, 0.3) is 0 Å². The minimum absolute atomic E-state index is 0.102. The van der Waals surface area contributed by atoms with E-state index in [2.05, 4.69) is 5.32 Å². The number of hydrogen-bond donors (Lipinski definition) is 1. The fourth-order valence-corrected chi connectivity index (χ4v) is 5.43. The van der Waals surface area contributed by atoms with Crippen molar-refractivity contribution in [2.24, 2.45) is 0 Å². The van der Waals surface area contributed by atoms with Crippen LogP contribution in [-0.2, 0) is 21.2 Å². The molecule has 1 aliphatic heterocycles. The average molecular weight is 481 g/mol. The van der Waals surface area contributed by atoms with Crippen molar-refractivity contribution in [2.75, 3.05) is 25.5 Å². The lowest BCUT2D eigenvalue weighted by Crippen LogP contribution is -2.35. The molecular formula is C26H28N2O5S. The van der Waals surface area contributed by atoms with Crippen molar-refractivity contribution < 1.29 is 22.7 Å². The summed E-state index contributed by atoms with van der Waals surface area (Å²) in [6.45, 7) is 1.00. The Hall–Kier alpha value is -3.36. The van der Waals surface area contributed by atoms with E-state index in [1.165, 1.54) is 16.4 Å². The molecular weight excluding hydrogens is 452 g/mol. The topological polar surface area (TPSA) is 84.9 Å². The monoisotopic (exact) mass is 480 g/mol. The second-order valence-electron chi connectivity index (χ2n) is 8.11. The molecule has 1 fully saturated rings. The van der Waals surface area contributed by atoms with Crippen molar-refractivity contribution in [2.45, 2.75) is 30.6 Å². The number of carbonyl (C=O) groups excluding carboxylic acids is 1. The first-order chi connectivity index (χ1) is 16.5. The highest BCUT2D eigenvalue weighted by Gasteiger charge is 2.27. The zero-order chi connectivity index (χ0) is 24.0. The van der Waals surface area contributed by atoms with Crippen LogP contribution in [0.5, 0.6) is 17.2 Å². The summed E-state index contributed by atoms with van der Waals surface area (Å²) in [5.74, 6) is 1.31. The van der Waals surface area contributed by atoms with Crippen LogP contribution in [0.1, 0.15) is 24.8 Å². The first kappa shape index (κ1) is 23.8. The van der Waals surface area contributed by atoms with Gasteiger partial charge >= 0.3 is 0 Å². The SMILES string of the molecule is COc1cccc(CC(=O)Nc2cc(S(=O)(=O)N3CCCCC3)ccc2Oc2ccccc2)c1. The number of para-hydroxylation sites is 1. The van der Waals surface area contributed by atoms with E-state index in [1.54, 1.807) is 31.4 Å². The number of rotatable bonds is 8. The molecule has 1 saturated heterocycles. The highest BCUT2D eigenvalue weighted by molar-refractivity contribution is 7.89. The highest BCUT2D eigenvalue weighted by Crippen LogP contribution is 2.33. The van der Waals surface area contributed by atoms with Crippen molar-refractivity contribution >= 4 is 21.6 Å². The van der Waals surface area contributed by atoms with E-state index in [4.69, 9.17) is 9.47 Å². The highest BCUT2D eigenvalue weighted by atomic mass is 32.2. The maximum Gasteiger partial charge on any atom is 0.243 e. The molecule has 3 aromatic rings. The lowest BCUT2D eigenvalue weighted by molar-refractivity contribution is -0.115. The molecule has 0 atom stereocenters. The van der Waals surface area contributed by atoms with Crippen LogP contribution in [0, 0.1) is 0 Å². The minimum Gasteiger partial charge on any atom is -0.497 e. The van der Waals surface area contributed by atoms with E-state index in [0.717, 1.165) is 24.8 Å². The third kappa shape index (κ3) is 5.76. The number of nitrogens with one attached hydrogen (secondary N) is 1. The Labute approximate surface area is 200 Å². The number of nitrogens with zero attached hydrogens (tertiary/aromatic N) is 1. The standard InChI is InChI=1S/C26H28N2O5S/c1-32-22-12-8-9-20(17-22)18-26(29)27-24-19-23(34(30,31)28-15-6-3-7-16-28)13-14-25(24)33-21-10-4-2-5-11-21/h2,4-5,8-14,17,19H,3,6-7,15-16,18H2,1H3,(H,27,29). The van der Waals surface area contributed by atoms with E-state index >= 15 is 0 Å². The van der Waals surface area contributed by atoms with Crippen LogP contribution in [0.4, 0.5) is 5.69 Å². The molecule has 0 aromatic heterocycles. The first-order valence-electron chi connectivity index (χ1n) is 11.3. The summed E-state index contributed by atoms with van der Waals surface area (Å²) in [6.07, 6.45) is 2.82. The molecule has 8 heteroatoms. The number of methoxy groups -OCH3 is 1. The van der Waals surface area contributed by atoms with Gasteiger partial charge in [-0.25, -0.2) is 8.42 Å². The summed E-state index contributed by atoms with van der Waals surface area (Å²) in [7, 11) is -2.10. The fourth-order valence-electron chi connectivity index (χ4n) is 3.89. The summed E-state index contributed by atoms with van der Waals surface area (Å²) in [5.41, 5.74) is 1.08. The van der Waals surface area contributed by atoms with Crippen molar-refractivity contribution in [3.8, 4) is 17.2 Å². The maximum absolute atomic E-state index is 13.2. The molecule has 1 amide bonds. The Bertz CT molecular complexity index is 1240. The van der Waals surface area contributed by atoms with Crippen LogP contribution < -0.4 is 14.8 Å². The Kier molecular flexibility index (Phi) is 7.49. The second kappa shape index (κ2) is 10.7. The molecule has 34 heavy (non-hydrogen) atoms. The van der Waals surface area contributed by atoms with Gasteiger partial charge in [-0.1, -0.05) is 36.8 Å². The molecule has 1 aliphatic rings. The molecule has 178 valence electrons. The molecule has 0 saturated carbocycles. The van der Waals surface area contributed by atoms with Crippen molar-refractivity contribution in [3.63, 3.8) is 0 Å². The lowest BCUT2D eigenvalue weighted by Gasteiger charge is -2.26. The first-order valence-corrected chi connectivity index (χ1v) is 12.7. The van der Waals surface area contributed by atoms with Gasteiger partial charge in [-0.05, 0) is 60.9 Å². The van der Waals surface area contributed by atoms with E-state index in [9.17, 15) is 13.2 Å². The van der Waals surface area contributed by atoms with Gasteiger partial charge in [0, 0.05) is 13.1 Å². The molecule has 1 N–H and O–H groups in total. The number of benzene rings is 3. The molecule has 0 aliphatic carbocycles. The van der Waals surface area contributed by atoms with Crippen LogP contribution in [0.25, 0.3) is 0 Å². The Morgan fingerprint density at radius 1 is 0.912 bits per heavy atom. The smallest absolute Gasteiger partial charge is 0.243 e. The Morgan fingerprint density at radius 2 is 1.65 bits per heavy atom. The number of anilines is 1. The molecule has 7 nitrogen and oxygen atoms in total. The molecule has 0 radical (unpaired) electrons. The van der Waals surface area contributed by atoms with Gasteiger partial charge in [-0.2, -0.15) is 4.31 Å². The van der Waals surface area contributed by atoms with Gasteiger partial charge in [0.05, 0.1) is 24.1 Å². The van der Waals surface area contributed by atoms with E-state index < -0.39 is 10.0 Å². The number of ether oxygens (including phenoxy) is 2. The van der Waals surface area contributed by atoms with Crippen molar-refractivity contribution in [3.05, 3.63) is 78.4 Å². The molecule has 1 heterocycles. The van der Waals surface area contributed by atoms with E-state index in [-0.39, 0.29) is 17.2 Å². The Morgan fingerprint density at radius 3 is 2.38 bits per heavy atom. The predicted octanol–water partition coefficient (Wildman–Crippen LogP) is 4.84. The van der Waals surface area contributed by atoms with Crippen LogP contribution in [0.15, 0.2) is 77.7 Å². The average Bonchev–Trinajstić information content (AvgIpc) is 2.86. The number of amides is 1. The van der Waals surface area contributed by atoms with Crippen LogP contribution >= 0.6 is 0 Å². The van der Waals surface area contributed by atoms with Crippen LogP contribution in [-0.4, -0.2) is 38.8 Å². The zero-order valence-corrected chi connectivity index (χ0v) is 19.9. The van der Waals surface area contributed by atoms with Crippen LogP contribution in [0.3, 0.4) is 0 Å². The van der Waals surface area contributed by atoms with Gasteiger partial charge in [0.15, 0.2) is 5.75 Å². The van der Waals surface area contributed by atoms with E-state index in [1.807, 2.05) is 36.4 Å². The number of sulfonamides is 1. The second-order valence-corrected chi connectivity index (χ2v) is 10.1. The summed E-state index contributed by atoms with van der Waals surface area (Å²) in [5, 5.41) is 2.84. The summed E-state index contributed by atoms with van der Waals surface area (Å²) >= 11 is 0. The minimum atomic E-state index is -3.67. The quantitative estimate of drug-likeness (QED) is 0.499. The fraction of sp³-hybridized carbons (Fsp3) is 0.269. The third-order valence-electron chi connectivity index (χ3n) is 5.65. The van der Waals surface area contributed by atoms with Crippen molar-refractivity contribution in [1.82, 2.24) is 4.31 Å². The molecule has 3 aromatic carbocycles. The largest absolute Gasteiger partial charge is 0.497 e. The van der Waals surface area contributed by atoms with Gasteiger partial charge < -0.3 is 14.8 Å².